The minimum absolute atomic E-state index is 0.00270. The van der Waals surface area contributed by atoms with Crippen molar-refractivity contribution < 1.29 is 14.3 Å². The Morgan fingerprint density at radius 2 is 1.96 bits per heavy atom. The van der Waals surface area contributed by atoms with E-state index < -0.39 is 0 Å². The number of carbonyl (C=O) groups excluding carboxylic acids is 2. The zero-order chi connectivity index (χ0) is 17.2. The number of hydrogen-bond acceptors (Lipinski definition) is 4. The van der Waals surface area contributed by atoms with Crippen LogP contribution < -0.4 is 0 Å². The maximum atomic E-state index is 12.8. The largest absolute Gasteiger partial charge is 0.368 e. The van der Waals surface area contributed by atoms with Crippen molar-refractivity contribution >= 4 is 22.8 Å². The Balaban J connectivity index is 1.42. The molecular formula is C18H22N4O3. The summed E-state index contributed by atoms with van der Waals surface area (Å²) in [6.45, 7) is 3.14. The summed E-state index contributed by atoms with van der Waals surface area (Å²) in [7, 11) is 0. The zero-order valence-corrected chi connectivity index (χ0v) is 14.1. The van der Waals surface area contributed by atoms with Gasteiger partial charge in [-0.15, -0.1) is 0 Å². The first-order valence-corrected chi connectivity index (χ1v) is 8.85. The van der Waals surface area contributed by atoms with Crippen molar-refractivity contribution in [3.05, 3.63) is 30.1 Å². The van der Waals surface area contributed by atoms with E-state index in [4.69, 9.17) is 4.74 Å². The molecule has 132 valence electrons. The number of H-pyrrole nitrogens is 1. The molecule has 2 fully saturated rings. The molecule has 1 unspecified atom stereocenters. The lowest BCUT2D eigenvalue weighted by Crippen LogP contribution is -2.41. The van der Waals surface area contributed by atoms with Gasteiger partial charge in [0.1, 0.15) is 6.10 Å². The van der Waals surface area contributed by atoms with Crippen molar-refractivity contribution in [3.8, 4) is 0 Å². The van der Waals surface area contributed by atoms with Crippen LogP contribution in [-0.4, -0.2) is 70.5 Å². The van der Waals surface area contributed by atoms with Crippen molar-refractivity contribution in [2.75, 3.05) is 32.8 Å². The number of rotatable bonds is 2. The lowest BCUT2D eigenvalue weighted by molar-refractivity contribution is -0.140. The van der Waals surface area contributed by atoms with Crippen LogP contribution in [0.15, 0.2) is 24.5 Å². The highest BCUT2D eigenvalue weighted by Gasteiger charge is 2.30. The Labute approximate surface area is 146 Å². The summed E-state index contributed by atoms with van der Waals surface area (Å²) in [5.74, 6) is 0.0774. The molecule has 0 aliphatic carbocycles. The van der Waals surface area contributed by atoms with E-state index in [1.807, 2.05) is 28.0 Å². The SMILES string of the molecule is O=C(c1ccc2nc[nH]c2c1)N1CCCN(C(=O)C2CCCO2)CC1. The Morgan fingerprint density at radius 1 is 1.12 bits per heavy atom. The first-order chi connectivity index (χ1) is 12.2. The Morgan fingerprint density at radius 3 is 2.80 bits per heavy atom. The third-order valence-corrected chi connectivity index (χ3v) is 4.97. The number of carbonyl (C=O) groups is 2. The van der Waals surface area contributed by atoms with Gasteiger partial charge in [0.2, 0.25) is 0 Å². The number of imidazole rings is 1. The number of aromatic nitrogens is 2. The highest BCUT2D eigenvalue weighted by atomic mass is 16.5. The van der Waals surface area contributed by atoms with Gasteiger partial charge in [-0.05, 0) is 37.5 Å². The minimum atomic E-state index is -0.287. The first kappa shape index (κ1) is 16.1. The quantitative estimate of drug-likeness (QED) is 0.895. The van der Waals surface area contributed by atoms with Gasteiger partial charge < -0.3 is 19.5 Å². The van der Waals surface area contributed by atoms with Gasteiger partial charge in [0.05, 0.1) is 17.4 Å². The molecule has 2 aliphatic heterocycles. The van der Waals surface area contributed by atoms with Crippen LogP contribution in [0.5, 0.6) is 0 Å². The monoisotopic (exact) mass is 342 g/mol. The Bertz CT molecular complexity index is 781. The molecule has 2 aliphatic rings. The smallest absolute Gasteiger partial charge is 0.253 e. The molecule has 2 aromatic rings. The number of nitrogens with one attached hydrogen (secondary N) is 1. The van der Waals surface area contributed by atoms with E-state index in [0.717, 1.165) is 30.3 Å². The summed E-state index contributed by atoms with van der Waals surface area (Å²) in [6, 6.07) is 5.50. The number of ether oxygens (including phenoxy) is 1. The van der Waals surface area contributed by atoms with Gasteiger partial charge >= 0.3 is 0 Å². The third kappa shape index (κ3) is 3.24. The van der Waals surface area contributed by atoms with E-state index in [0.29, 0.717) is 38.3 Å². The van der Waals surface area contributed by atoms with Crippen LogP contribution in [0.2, 0.25) is 0 Å². The Kier molecular flexibility index (Phi) is 4.40. The van der Waals surface area contributed by atoms with Gasteiger partial charge in [-0.1, -0.05) is 0 Å². The second-order valence-electron chi connectivity index (χ2n) is 6.61. The maximum absolute atomic E-state index is 12.8. The van der Waals surface area contributed by atoms with Crippen LogP contribution in [0.1, 0.15) is 29.6 Å². The summed E-state index contributed by atoms with van der Waals surface area (Å²) in [6.07, 6.45) is 3.88. The van der Waals surface area contributed by atoms with Crippen LogP contribution in [0.3, 0.4) is 0 Å². The fourth-order valence-corrected chi connectivity index (χ4v) is 3.57. The van der Waals surface area contributed by atoms with Crippen molar-refractivity contribution in [3.63, 3.8) is 0 Å². The lowest BCUT2D eigenvalue weighted by Gasteiger charge is -2.24. The second-order valence-corrected chi connectivity index (χ2v) is 6.61. The summed E-state index contributed by atoms with van der Waals surface area (Å²) >= 11 is 0. The molecule has 25 heavy (non-hydrogen) atoms. The van der Waals surface area contributed by atoms with E-state index in [1.165, 1.54) is 0 Å². The van der Waals surface area contributed by atoms with E-state index >= 15 is 0 Å². The average molecular weight is 342 g/mol. The lowest BCUT2D eigenvalue weighted by atomic mass is 10.1. The summed E-state index contributed by atoms with van der Waals surface area (Å²) < 4.78 is 5.50. The highest BCUT2D eigenvalue weighted by Crippen LogP contribution is 2.18. The fraction of sp³-hybridized carbons (Fsp3) is 0.500. The molecule has 0 saturated carbocycles. The van der Waals surface area contributed by atoms with Gasteiger partial charge in [-0.2, -0.15) is 0 Å². The molecule has 0 radical (unpaired) electrons. The molecule has 1 N–H and O–H groups in total. The van der Waals surface area contributed by atoms with E-state index in [1.54, 1.807) is 6.33 Å². The first-order valence-electron chi connectivity index (χ1n) is 8.85. The fourth-order valence-electron chi connectivity index (χ4n) is 3.57. The van der Waals surface area contributed by atoms with Gasteiger partial charge in [-0.25, -0.2) is 4.98 Å². The number of hydrogen-bond donors (Lipinski definition) is 1. The van der Waals surface area contributed by atoms with E-state index in [2.05, 4.69) is 9.97 Å². The van der Waals surface area contributed by atoms with Crippen molar-refractivity contribution in [1.82, 2.24) is 19.8 Å². The van der Waals surface area contributed by atoms with Gasteiger partial charge in [-0.3, -0.25) is 9.59 Å². The number of nitrogens with zero attached hydrogens (tertiary/aromatic N) is 3. The molecule has 4 rings (SSSR count). The van der Waals surface area contributed by atoms with Crippen molar-refractivity contribution in [2.24, 2.45) is 0 Å². The van der Waals surface area contributed by atoms with Crippen LogP contribution in [0.25, 0.3) is 11.0 Å². The van der Waals surface area contributed by atoms with Gasteiger partial charge in [0.15, 0.2) is 0 Å². The van der Waals surface area contributed by atoms with Crippen LogP contribution >= 0.6 is 0 Å². The number of benzene rings is 1. The van der Waals surface area contributed by atoms with Crippen molar-refractivity contribution in [2.45, 2.75) is 25.4 Å². The van der Waals surface area contributed by atoms with Crippen molar-refractivity contribution in [1.29, 1.82) is 0 Å². The third-order valence-electron chi connectivity index (χ3n) is 4.97. The summed E-state index contributed by atoms with van der Waals surface area (Å²) in [4.78, 5) is 36.2. The predicted molar refractivity (Wildman–Crippen MR) is 92.2 cm³/mol. The molecule has 1 atom stereocenters. The highest BCUT2D eigenvalue weighted by molar-refractivity contribution is 5.97. The second kappa shape index (κ2) is 6.84. The van der Waals surface area contributed by atoms with E-state index in [9.17, 15) is 9.59 Å². The maximum Gasteiger partial charge on any atom is 0.253 e. The van der Waals surface area contributed by atoms with Gasteiger partial charge in [0, 0.05) is 38.3 Å². The molecule has 1 aromatic carbocycles. The van der Waals surface area contributed by atoms with Crippen LogP contribution in [0.4, 0.5) is 0 Å². The molecule has 0 bridgehead atoms. The molecule has 2 amide bonds. The van der Waals surface area contributed by atoms with Crippen LogP contribution in [-0.2, 0) is 9.53 Å². The minimum Gasteiger partial charge on any atom is -0.368 e. The molecule has 7 nitrogen and oxygen atoms in total. The summed E-state index contributed by atoms with van der Waals surface area (Å²) in [5.41, 5.74) is 2.35. The molecule has 2 saturated heterocycles. The normalized spacial score (nSPS) is 21.5. The standard InChI is InChI=1S/C18H22N4O3/c23-17(13-4-5-14-15(11-13)20-12-19-14)21-6-2-7-22(9-8-21)18(24)16-3-1-10-25-16/h4-5,11-12,16H,1-3,6-10H2,(H,19,20). The molecule has 0 spiro atoms. The van der Waals surface area contributed by atoms with E-state index in [-0.39, 0.29) is 17.9 Å². The number of aromatic amines is 1. The Hall–Kier alpha value is -2.41. The van der Waals surface area contributed by atoms with Gasteiger partial charge in [0.25, 0.3) is 11.8 Å². The predicted octanol–water partition coefficient (Wildman–Crippen LogP) is 1.42. The number of amides is 2. The molecule has 1 aromatic heterocycles. The summed E-state index contributed by atoms with van der Waals surface area (Å²) in [5, 5.41) is 0. The zero-order valence-electron chi connectivity index (χ0n) is 14.1. The molecule has 3 heterocycles. The molecule has 7 heteroatoms. The number of fused-ring (bicyclic) bond motifs is 1. The van der Waals surface area contributed by atoms with Crippen LogP contribution in [0, 0.1) is 0 Å². The average Bonchev–Trinajstić information content (AvgIpc) is 3.27. The topological polar surface area (TPSA) is 78.5 Å². The molecular weight excluding hydrogens is 320 g/mol.